The Hall–Kier alpha value is -2.42. The molecule has 0 amide bonds. The number of aryl methyl sites for hydroxylation is 1. The fourth-order valence-electron chi connectivity index (χ4n) is 2.93. The van der Waals surface area contributed by atoms with Gasteiger partial charge in [-0.15, -0.1) is 0 Å². The van der Waals surface area contributed by atoms with Crippen LogP contribution in [0.15, 0.2) is 54.9 Å². The summed E-state index contributed by atoms with van der Waals surface area (Å²) < 4.78 is 2.36. The molecule has 0 saturated carbocycles. The summed E-state index contributed by atoms with van der Waals surface area (Å²) >= 11 is 0. The molecule has 1 aliphatic rings. The average molecular weight is 261 g/mol. The molecular formula is C17H15N3. The molecule has 1 aliphatic heterocycles. The van der Waals surface area contributed by atoms with Gasteiger partial charge in [0.25, 0.3) is 0 Å². The SMILES string of the molecule is c1ccc(-c2nc3n(c2-c2ccncc2)CCC3)cc1. The topological polar surface area (TPSA) is 30.7 Å². The molecule has 20 heavy (non-hydrogen) atoms. The van der Waals surface area contributed by atoms with E-state index in [-0.39, 0.29) is 0 Å². The molecule has 0 bridgehead atoms. The minimum atomic E-state index is 1.06. The molecular weight excluding hydrogens is 246 g/mol. The maximum absolute atomic E-state index is 4.88. The summed E-state index contributed by atoms with van der Waals surface area (Å²) in [6, 6.07) is 14.6. The molecule has 0 aliphatic carbocycles. The van der Waals surface area contributed by atoms with Crippen molar-refractivity contribution in [2.45, 2.75) is 19.4 Å². The molecule has 0 unspecified atom stereocenters. The Kier molecular flexibility index (Phi) is 2.62. The van der Waals surface area contributed by atoms with Gasteiger partial charge in [0.1, 0.15) is 5.82 Å². The van der Waals surface area contributed by atoms with E-state index in [1.807, 2.05) is 18.5 Å². The van der Waals surface area contributed by atoms with Crippen molar-refractivity contribution in [2.24, 2.45) is 0 Å². The van der Waals surface area contributed by atoms with E-state index in [1.54, 1.807) is 0 Å². The van der Waals surface area contributed by atoms with Crippen molar-refractivity contribution in [1.82, 2.24) is 14.5 Å². The fourth-order valence-corrected chi connectivity index (χ4v) is 2.93. The number of fused-ring (bicyclic) bond motifs is 1. The number of pyridine rings is 1. The summed E-state index contributed by atoms with van der Waals surface area (Å²) in [6.45, 7) is 1.06. The molecule has 3 heteroatoms. The summed E-state index contributed by atoms with van der Waals surface area (Å²) in [5, 5.41) is 0. The van der Waals surface area contributed by atoms with Crippen LogP contribution in [0.4, 0.5) is 0 Å². The highest BCUT2D eigenvalue weighted by Gasteiger charge is 2.22. The third kappa shape index (κ3) is 1.74. The van der Waals surface area contributed by atoms with Crippen molar-refractivity contribution in [3.05, 3.63) is 60.7 Å². The second-order valence-electron chi connectivity index (χ2n) is 5.08. The van der Waals surface area contributed by atoms with Gasteiger partial charge in [0.2, 0.25) is 0 Å². The van der Waals surface area contributed by atoms with E-state index in [2.05, 4.69) is 45.9 Å². The predicted octanol–water partition coefficient (Wildman–Crippen LogP) is 3.56. The van der Waals surface area contributed by atoms with E-state index in [9.17, 15) is 0 Å². The van der Waals surface area contributed by atoms with Gasteiger partial charge >= 0.3 is 0 Å². The Morgan fingerprint density at radius 2 is 1.70 bits per heavy atom. The zero-order valence-corrected chi connectivity index (χ0v) is 11.2. The summed E-state index contributed by atoms with van der Waals surface area (Å²) in [7, 11) is 0. The summed E-state index contributed by atoms with van der Waals surface area (Å²) in [5.74, 6) is 1.20. The Morgan fingerprint density at radius 3 is 2.50 bits per heavy atom. The van der Waals surface area contributed by atoms with Crippen LogP contribution in [-0.4, -0.2) is 14.5 Å². The first-order valence-electron chi connectivity index (χ1n) is 6.99. The molecule has 2 aromatic heterocycles. The molecule has 3 aromatic rings. The Balaban J connectivity index is 1.97. The summed E-state index contributed by atoms with van der Waals surface area (Å²) in [5.41, 5.74) is 4.69. The van der Waals surface area contributed by atoms with Gasteiger partial charge in [-0.3, -0.25) is 4.98 Å². The van der Waals surface area contributed by atoms with Crippen LogP contribution in [0, 0.1) is 0 Å². The third-order valence-electron chi connectivity index (χ3n) is 3.83. The Bertz CT molecular complexity index is 730. The number of nitrogens with zero attached hydrogens (tertiary/aromatic N) is 3. The Morgan fingerprint density at radius 1 is 0.900 bits per heavy atom. The summed E-state index contributed by atoms with van der Waals surface area (Å²) in [6.07, 6.45) is 5.96. The van der Waals surface area contributed by atoms with E-state index in [1.165, 1.54) is 29.1 Å². The molecule has 3 heterocycles. The first kappa shape index (κ1) is 11.4. The normalized spacial score (nSPS) is 13.4. The molecule has 0 saturated heterocycles. The quantitative estimate of drug-likeness (QED) is 0.706. The minimum Gasteiger partial charge on any atom is -0.327 e. The van der Waals surface area contributed by atoms with Gasteiger partial charge in [-0.1, -0.05) is 30.3 Å². The van der Waals surface area contributed by atoms with E-state index in [4.69, 9.17) is 4.98 Å². The molecule has 0 N–H and O–H groups in total. The maximum atomic E-state index is 4.88. The lowest BCUT2D eigenvalue weighted by molar-refractivity contribution is 0.756. The van der Waals surface area contributed by atoms with Crippen LogP contribution in [-0.2, 0) is 13.0 Å². The van der Waals surface area contributed by atoms with Crippen molar-refractivity contribution in [3.8, 4) is 22.5 Å². The van der Waals surface area contributed by atoms with Crippen LogP contribution < -0.4 is 0 Å². The highest BCUT2D eigenvalue weighted by Crippen LogP contribution is 2.35. The van der Waals surface area contributed by atoms with Crippen LogP contribution in [0.5, 0.6) is 0 Å². The number of rotatable bonds is 2. The first-order chi connectivity index (χ1) is 9.93. The van der Waals surface area contributed by atoms with Crippen molar-refractivity contribution in [3.63, 3.8) is 0 Å². The van der Waals surface area contributed by atoms with Crippen LogP contribution in [0.1, 0.15) is 12.2 Å². The van der Waals surface area contributed by atoms with Gasteiger partial charge in [-0.25, -0.2) is 4.98 Å². The van der Waals surface area contributed by atoms with Crippen molar-refractivity contribution >= 4 is 0 Å². The molecule has 98 valence electrons. The van der Waals surface area contributed by atoms with Crippen molar-refractivity contribution < 1.29 is 0 Å². The van der Waals surface area contributed by atoms with E-state index in [0.29, 0.717) is 0 Å². The molecule has 1 aromatic carbocycles. The first-order valence-corrected chi connectivity index (χ1v) is 6.99. The standard InChI is InChI=1S/C17H15N3/c1-2-5-13(6-3-1)16-17(14-8-10-18-11-9-14)20-12-4-7-15(20)19-16/h1-3,5-6,8-11H,4,7,12H2. The highest BCUT2D eigenvalue weighted by molar-refractivity contribution is 5.79. The van der Waals surface area contributed by atoms with Gasteiger partial charge in [0, 0.05) is 36.5 Å². The second kappa shape index (κ2) is 4.60. The molecule has 0 fully saturated rings. The average Bonchev–Trinajstić information content (AvgIpc) is 3.09. The van der Waals surface area contributed by atoms with Gasteiger partial charge in [0.05, 0.1) is 11.4 Å². The maximum Gasteiger partial charge on any atom is 0.109 e. The second-order valence-corrected chi connectivity index (χ2v) is 5.08. The third-order valence-corrected chi connectivity index (χ3v) is 3.83. The van der Waals surface area contributed by atoms with Gasteiger partial charge in [-0.05, 0) is 18.6 Å². The number of aromatic nitrogens is 3. The van der Waals surface area contributed by atoms with E-state index >= 15 is 0 Å². The van der Waals surface area contributed by atoms with Crippen LogP contribution in [0.2, 0.25) is 0 Å². The fraction of sp³-hybridized carbons (Fsp3) is 0.176. The van der Waals surface area contributed by atoms with E-state index < -0.39 is 0 Å². The largest absolute Gasteiger partial charge is 0.327 e. The van der Waals surface area contributed by atoms with Crippen molar-refractivity contribution in [1.29, 1.82) is 0 Å². The zero-order valence-electron chi connectivity index (χ0n) is 11.2. The van der Waals surface area contributed by atoms with Crippen LogP contribution in [0.3, 0.4) is 0 Å². The lowest BCUT2D eigenvalue weighted by atomic mass is 10.1. The lowest BCUT2D eigenvalue weighted by Gasteiger charge is -2.08. The van der Waals surface area contributed by atoms with Crippen LogP contribution >= 0.6 is 0 Å². The zero-order chi connectivity index (χ0) is 13.4. The van der Waals surface area contributed by atoms with Gasteiger partial charge in [-0.2, -0.15) is 0 Å². The lowest BCUT2D eigenvalue weighted by Crippen LogP contribution is -1.96. The molecule has 3 nitrogen and oxygen atoms in total. The Labute approximate surface area is 117 Å². The highest BCUT2D eigenvalue weighted by atomic mass is 15.1. The number of hydrogen-bond donors (Lipinski definition) is 0. The predicted molar refractivity (Wildman–Crippen MR) is 79.2 cm³/mol. The van der Waals surface area contributed by atoms with Crippen molar-refractivity contribution in [2.75, 3.05) is 0 Å². The molecule has 0 spiro atoms. The number of hydrogen-bond acceptors (Lipinski definition) is 2. The smallest absolute Gasteiger partial charge is 0.109 e. The van der Waals surface area contributed by atoms with E-state index in [0.717, 1.165) is 18.7 Å². The summed E-state index contributed by atoms with van der Waals surface area (Å²) in [4.78, 5) is 9.00. The molecule has 0 atom stereocenters. The monoisotopic (exact) mass is 261 g/mol. The number of imidazole rings is 1. The van der Waals surface area contributed by atoms with Gasteiger partial charge in [0.15, 0.2) is 0 Å². The minimum absolute atomic E-state index is 1.06. The number of benzene rings is 1. The molecule has 0 radical (unpaired) electrons. The molecule has 4 rings (SSSR count). The van der Waals surface area contributed by atoms with Crippen LogP contribution in [0.25, 0.3) is 22.5 Å². The van der Waals surface area contributed by atoms with Gasteiger partial charge < -0.3 is 4.57 Å².